The molecule has 0 saturated carbocycles. The van der Waals surface area contributed by atoms with Crippen molar-refractivity contribution in [2.45, 2.75) is 37.0 Å². The number of sulfonamides is 1. The molecule has 0 spiro atoms. The Hall–Kier alpha value is -3.21. The van der Waals surface area contributed by atoms with Crippen molar-refractivity contribution >= 4 is 21.4 Å². The quantitative estimate of drug-likeness (QED) is 0.374. The summed E-state index contributed by atoms with van der Waals surface area (Å²) in [4.78, 5) is -0.253. The van der Waals surface area contributed by atoms with Crippen molar-refractivity contribution in [2.75, 3.05) is 16.6 Å². The summed E-state index contributed by atoms with van der Waals surface area (Å²) in [5, 5.41) is 3.00. The summed E-state index contributed by atoms with van der Waals surface area (Å²) in [7, 11) is -4.57. The van der Waals surface area contributed by atoms with Gasteiger partial charge in [-0.15, -0.1) is 0 Å². The molecule has 4 rings (SSSR count). The maximum absolute atomic E-state index is 13.3. The number of halogens is 6. The lowest BCUT2D eigenvalue weighted by Crippen LogP contribution is -2.20. The van der Waals surface area contributed by atoms with E-state index in [1.54, 1.807) is 12.1 Å². The molecule has 0 radical (unpaired) electrons. The van der Waals surface area contributed by atoms with E-state index in [4.69, 9.17) is 0 Å². The first kappa shape index (κ1) is 24.9. The zero-order chi connectivity index (χ0) is 25.6. The van der Waals surface area contributed by atoms with Gasteiger partial charge < -0.3 is 5.32 Å². The minimum absolute atomic E-state index is 0.0563. The monoisotopic (exact) mass is 514 g/mol. The molecule has 0 saturated heterocycles. The second-order valence-electron chi connectivity index (χ2n) is 8.30. The van der Waals surface area contributed by atoms with Crippen LogP contribution in [-0.2, 0) is 28.8 Å². The van der Waals surface area contributed by atoms with Gasteiger partial charge in [-0.1, -0.05) is 29.8 Å². The second kappa shape index (κ2) is 8.78. The molecule has 1 heterocycles. The molecule has 0 bridgehead atoms. The molecule has 186 valence electrons. The Bertz CT molecular complexity index is 1330. The number of aryl methyl sites for hydroxylation is 2. The summed E-state index contributed by atoms with van der Waals surface area (Å²) in [6.45, 7) is 2.37. The van der Waals surface area contributed by atoms with E-state index in [0.29, 0.717) is 36.2 Å². The molecule has 3 aromatic carbocycles. The Morgan fingerprint density at radius 2 is 1.43 bits per heavy atom. The van der Waals surface area contributed by atoms with E-state index in [2.05, 4.69) is 5.32 Å². The Labute approximate surface area is 198 Å². The van der Waals surface area contributed by atoms with Crippen LogP contribution in [0.5, 0.6) is 0 Å². The molecular weight excluding hydrogens is 494 g/mol. The Balaban J connectivity index is 1.83. The molecule has 0 atom stereocenters. The van der Waals surface area contributed by atoms with Crippen LogP contribution in [0.3, 0.4) is 0 Å². The second-order valence-corrected chi connectivity index (χ2v) is 9.96. The molecule has 1 aliphatic rings. The Morgan fingerprint density at radius 3 is 2.00 bits per heavy atom. The lowest BCUT2D eigenvalue weighted by Gasteiger charge is -2.23. The van der Waals surface area contributed by atoms with Crippen LogP contribution in [0.2, 0.25) is 0 Å². The van der Waals surface area contributed by atoms with E-state index < -0.39 is 39.2 Å². The van der Waals surface area contributed by atoms with Gasteiger partial charge >= 0.3 is 12.4 Å². The first-order valence-electron chi connectivity index (χ1n) is 10.5. The fourth-order valence-electron chi connectivity index (χ4n) is 3.91. The van der Waals surface area contributed by atoms with Crippen LogP contribution in [0.15, 0.2) is 59.5 Å². The molecule has 35 heavy (non-hydrogen) atoms. The third kappa shape index (κ3) is 5.39. The molecule has 0 aliphatic carbocycles. The maximum Gasteiger partial charge on any atom is 0.416 e. The highest BCUT2D eigenvalue weighted by atomic mass is 32.2. The van der Waals surface area contributed by atoms with Crippen LogP contribution in [0.1, 0.15) is 28.7 Å². The lowest BCUT2D eigenvalue weighted by atomic mass is 9.97. The zero-order valence-corrected chi connectivity index (χ0v) is 19.1. The van der Waals surface area contributed by atoms with Crippen molar-refractivity contribution in [3.63, 3.8) is 0 Å². The first-order valence-corrected chi connectivity index (χ1v) is 12.0. The van der Waals surface area contributed by atoms with Crippen LogP contribution < -0.4 is 10.0 Å². The summed E-state index contributed by atoms with van der Waals surface area (Å²) in [5.74, 6) is 0. The van der Waals surface area contributed by atoms with E-state index in [9.17, 15) is 34.8 Å². The number of hydrogen-bond acceptors (Lipinski definition) is 3. The average Bonchev–Trinajstić information content (AvgIpc) is 2.77. The molecule has 3 aromatic rings. The Kier molecular flexibility index (Phi) is 6.25. The fraction of sp³-hybridized carbons (Fsp3) is 0.250. The average molecular weight is 514 g/mol. The van der Waals surface area contributed by atoms with Crippen molar-refractivity contribution in [2.24, 2.45) is 0 Å². The van der Waals surface area contributed by atoms with Gasteiger partial charge in [-0.25, -0.2) is 8.42 Å². The van der Waals surface area contributed by atoms with E-state index in [1.807, 2.05) is 29.8 Å². The lowest BCUT2D eigenvalue weighted by molar-refractivity contribution is -0.143. The molecular formula is C24H20F6N2O2S. The van der Waals surface area contributed by atoms with E-state index >= 15 is 0 Å². The largest absolute Gasteiger partial charge is 0.416 e. The van der Waals surface area contributed by atoms with Gasteiger partial charge in [0.15, 0.2) is 0 Å². The van der Waals surface area contributed by atoms with Crippen LogP contribution in [0, 0.1) is 6.92 Å². The van der Waals surface area contributed by atoms with Gasteiger partial charge in [0.05, 0.1) is 22.5 Å². The molecule has 11 heteroatoms. The van der Waals surface area contributed by atoms with Crippen LogP contribution in [-0.4, -0.2) is 15.0 Å². The maximum atomic E-state index is 13.3. The Morgan fingerprint density at radius 1 is 0.829 bits per heavy atom. The normalized spacial score (nSPS) is 14.3. The summed E-state index contributed by atoms with van der Waals surface area (Å²) in [5.41, 5.74) is -0.813. The smallest absolute Gasteiger partial charge is 0.384 e. The molecule has 4 nitrogen and oxygen atoms in total. The number of nitrogens with one attached hydrogen (secondary N) is 2. The molecule has 2 N–H and O–H groups in total. The van der Waals surface area contributed by atoms with Crippen LogP contribution >= 0.6 is 0 Å². The van der Waals surface area contributed by atoms with Gasteiger partial charge in [0.1, 0.15) is 4.90 Å². The minimum atomic E-state index is -5.10. The molecule has 0 unspecified atom stereocenters. The van der Waals surface area contributed by atoms with Crippen LogP contribution in [0.25, 0.3) is 11.1 Å². The van der Waals surface area contributed by atoms with Gasteiger partial charge in [0.2, 0.25) is 0 Å². The summed E-state index contributed by atoms with van der Waals surface area (Å²) < 4.78 is 108. The number of hydrogen-bond donors (Lipinski definition) is 2. The standard InChI is InChI=1S/C24H20F6N2O2S/c1-14-4-6-15(7-5-14)17-9-16-3-2-8-31-22(16)21(10-17)35(33,34)32-20-12-18(23(25,26)27)11-19(13-20)24(28,29)30/h4-7,9-13,31-32H,2-3,8H2,1H3. The third-order valence-electron chi connectivity index (χ3n) is 5.62. The van der Waals surface area contributed by atoms with E-state index in [1.165, 1.54) is 6.07 Å². The molecule has 0 amide bonds. The minimum Gasteiger partial charge on any atom is -0.384 e. The van der Waals surface area contributed by atoms with Gasteiger partial charge in [0.25, 0.3) is 10.0 Å². The number of alkyl halides is 6. The number of rotatable bonds is 4. The van der Waals surface area contributed by atoms with Gasteiger partial charge in [-0.05, 0) is 66.8 Å². The molecule has 0 fully saturated rings. The van der Waals surface area contributed by atoms with Crippen molar-refractivity contribution in [1.82, 2.24) is 0 Å². The molecule has 0 aromatic heterocycles. The van der Waals surface area contributed by atoms with Crippen molar-refractivity contribution in [3.8, 4) is 11.1 Å². The SMILES string of the molecule is Cc1ccc(-c2cc3c(c(S(=O)(=O)Nc4cc(C(F)(F)F)cc(C(F)(F)F)c4)c2)NCCC3)cc1. The predicted molar refractivity (Wildman–Crippen MR) is 121 cm³/mol. The number of benzene rings is 3. The van der Waals surface area contributed by atoms with Crippen molar-refractivity contribution in [3.05, 3.63) is 76.9 Å². The summed E-state index contributed by atoms with van der Waals surface area (Å²) >= 11 is 0. The highest BCUT2D eigenvalue weighted by Crippen LogP contribution is 2.39. The topological polar surface area (TPSA) is 58.2 Å². The van der Waals surface area contributed by atoms with Gasteiger partial charge in [0, 0.05) is 6.54 Å². The van der Waals surface area contributed by atoms with E-state index in [0.717, 1.165) is 17.5 Å². The number of anilines is 2. The van der Waals surface area contributed by atoms with Crippen LogP contribution in [0.4, 0.5) is 37.7 Å². The highest BCUT2D eigenvalue weighted by Gasteiger charge is 2.37. The fourth-order valence-corrected chi connectivity index (χ4v) is 5.20. The predicted octanol–water partition coefficient (Wildman–Crippen LogP) is 6.86. The summed E-state index contributed by atoms with van der Waals surface area (Å²) in [6, 6.07) is 11.1. The third-order valence-corrected chi connectivity index (χ3v) is 7.03. The highest BCUT2D eigenvalue weighted by molar-refractivity contribution is 7.92. The van der Waals surface area contributed by atoms with Crippen molar-refractivity contribution in [1.29, 1.82) is 0 Å². The van der Waals surface area contributed by atoms with Gasteiger partial charge in [-0.3, -0.25) is 4.72 Å². The zero-order valence-electron chi connectivity index (χ0n) is 18.3. The molecule has 1 aliphatic heterocycles. The van der Waals surface area contributed by atoms with Crippen molar-refractivity contribution < 1.29 is 34.8 Å². The summed E-state index contributed by atoms with van der Waals surface area (Å²) in [6.07, 6.45) is -8.91. The number of fused-ring (bicyclic) bond motifs is 1. The first-order chi connectivity index (χ1) is 16.2. The van der Waals surface area contributed by atoms with Gasteiger partial charge in [-0.2, -0.15) is 26.3 Å². The van der Waals surface area contributed by atoms with E-state index in [-0.39, 0.29) is 16.6 Å².